The Hall–Kier alpha value is -0.600. The maximum atomic E-state index is 11.6. The Kier molecular flexibility index (Phi) is 4.96. The number of hydrogen-bond acceptors (Lipinski definition) is 3. The second-order valence-corrected chi connectivity index (χ2v) is 5.06. The summed E-state index contributed by atoms with van der Waals surface area (Å²) < 4.78 is 24.5. The van der Waals surface area contributed by atoms with Gasteiger partial charge in [0.1, 0.15) is 0 Å². The highest BCUT2D eigenvalue weighted by atomic mass is 32.2. The largest absolute Gasteiger partial charge is 0.230 e. The van der Waals surface area contributed by atoms with Gasteiger partial charge in [-0.2, -0.15) is 5.26 Å². The van der Waals surface area contributed by atoms with E-state index in [9.17, 15) is 8.42 Å². The number of sulfonamides is 1. The molecule has 0 aromatic rings. The van der Waals surface area contributed by atoms with Crippen molar-refractivity contribution < 1.29 is 8.42 Å². The zero-order valence-corrected chi connectivity index (χ0v) is 9.13. The van der Waals surface area contributed by atoms with Gasteiger partial charge in [0, 0.05) is 13.1 Å². The highest BCUT2D eigenvalue weighted by molar-refractivity contribution is 7.89. The summed E-state index contributed by atoms with van der Waals surface area (Å²) >= 11 is 0. The average Bonchev–Trinajstić information content (AvgIpc) is 2.12. The molecule has 0 amide bonds. The lowest BCUT2D eigenvalue weighted by Gasteiger charge is -2.20. The van der Waals surface area contributed by atoms with E-state index < -0.39 is 15.3 Å². The van der Waals surface area contributed by atoms with Gasteiger partial charge in [-0.15, -0.1) is 0 Å². The molecule has 4 nitrogen and oxygen atoms in total. The van der Waals surface area contributed by atoms with Gasteiger partial charge in [0.25, 0.3) is 0 Å². The van der Waals surface area contributed by atoms with E-state index in [0.29, 0.717) is 13.1 Å². The Bertz CT molecular complexity index is 279. The van der Waals surface area contributed by atoms with Gasteiger partial charge in [0.2, 0.25) is 10.0 Å². The van der Waals surface area contributed by atoms with Crippen molar-refractivity contribution in [2.45, 2.75) is 32.4 Å². The molecule has 0 heterocycles. The quantitative estimate of drug-likeness (QED) is 0.670. The van der Waals surface area contributed by atoms with Crippen LogP contribution in [0.2, 0.25) is 0 Å². The lowest BCUT2D eigenvalue weighted by Crippen LogP contribution is -2.37. The van der Waals surface area contributed by atoms with Gasteiger partial charge in [-0.3, -0.25) is 0 Å². The SMILES string of the molecule is CCCN(CC)S(=O)(=O)C(C)C#N. The van der Waals surface area contributed by atoms with E-state index in [1.54, 1.807) is 13.0 Å². The molecule has 0 aliphatic carbocycles. The van der Waals surface area contributed by atoms with Crippen LogP contribution >= 0.6 is 0 Å². The van der Waals surface area contributed by atoms with Crippen molar-refractivity contribution in [1.82, 2.24) is 4.31 Å². The number of nitriles is 1. The summed E-state index contributed by atoms with van der Waals surface area (Å²) in [6, 6.07) is 1.75. The van der Waals surface area contributed by atoms with Crippen LogP contribution in [0.25, 0.3) is 0 Å². The van der Waals surface area contributed by atoms with Gasteiger partial charge in [0.05, 0.1) is 6.07 Å². The Morgan fingerprint density at radius 1 is 1.46 bits per heavy atom. The van der Waals surface area contributed by atoms with Crippen LogP contribution in [0.3, 0.4) is 0 Å². The minimum Gasteiger partial charge on any atom is -0.211 e. The molecule has 0 bridgehead atoms. The topological polar surface area (TPSA) is 61.2 Å². The highest BCUT2D eigenvalue weighted by Crippen LogP contribution is 2.08. The first kappa shape index (κ1) is 12.4. The molecule has 13 heavy (non-hydrogen) atoms. The summed E-state index contributed by atoms with van der Waals surface area (Å²) in [6.07, 6.45) is 0.769. The van der Waals surface area contributed by atoms with Crippen LogP contribution in [0.4, 0.5) is 0 Å². The number of nitrogens with zero attached hydrogens (tertiary/aromatic N) is 2. The van der Waals surface area contributed by atoms with Crippen molar-refractivity contribution in [1.29, 1.82) is 5.26 Å². The average molecular weight is 204 g/mol. The molecule has 5 heteroatoms. The Labute approximate surface area is 80.2 Å². The molecule has 0 spiro atoms. The van der Waals surface area contributed by atoms with E-state index in [1.807, 2.05) is 6.92 Å². The molecular formula is C8H16N2O2S. The van der Waals surface area contributed by atoms with Gasteiger partial charge in [-0.05, 0) is 13.3 Å². The van der Waals surface area contributed by atoms with Crippen LogP contribution in [0, 0.1) is 11.3 Å². The third-order valence-electron chi connectivity index (χ3n) is 1.81. The zero-order valence-electron chi connectivity index (χ0n) is 8.32. The first-order valence-electron chi connectivity index (χ1n) is 4.39. The van der Waals surface area contributed by atoms with Crippen molar-refractivity contribution in [3.63, 3.8) is 0 Å². The van der Waals surface area contributed by atoms with Crippen LogP contribution < -0.4 is 0 Å². The van der Waals surface area contributed by atoms with Crippen molar-refractivity contribution in [3.05, 3.63) is 0 Å². The second-order valence-electron chi connectivity index (χ2n) is 2.81. The summed E-state index contributed by atoms with van der Waals surface area (Å²) in [6.45, 7) is 6.02. The van der Waals surface area contributed by atoms with E-state index in [2.05, 4.69) is 0 Å². The van der Waals surface area contributed by atoms with E-state index in [4.69, 9.17) is 5.26 Å². The molecule has 0 aliphatic heterocycles. The molecule has 76 valence electrons. The Morgan fingerprint density at radius 2 is 2.00 bits per heavy atom. The molecule has 0 aromatic carbocycles. The summed E-state index contributed by atoms with van der Waals surface area (Å²) in [7, 11) is -3.39. The predicted octanol–water partition coefficient (Wildman–Crippen LogP) is 0.960. The molecule has 0 N–H and O–H groups in total. The third-order valence-corrected chi connectivity index (χ3v) is 3.97. The molecule has 0 rings (SSSR count). The second kappa shape index (κ2) is 5.20. The van der Waals surface area contributed by atoms with Gasteiger partial charge in [-0.1, -0.05) is 13.8 Å². The van der Waals surface area contributed by atoms with E-state index in [-0.39, 0.29) is 0 Å². The standard InChI is InChI=1S/C8H16N2O2S/c1-4-6-10(5-2)13(11,12)8(3)7-9/h8H,4-6H2,1-3H3. The van der Waals surface area contributed by atoms with Gasteiger partial charge in [0.15, 0.2) is 5.25 Å². The molecule has 0 aliphatic rings. The van der Waals surface area contributed by atoms with Crippen molar-refractivity contribution >= 4 is 10.0 Å². The van der Waals surface area contributed by atoms with Gasteiger partial charge < -0.3 is 0 Å². The molecule has 0 aromatic heterocycles. The maximum Gasteiger partial charge on any atom is 0.230 e. The lowest BCUT2D eigenvalue weighted by atomic mass is 10.5. The molecule has 1 atom stereocenters. The predicted molar refractivity (Wildman–Crippen MR) is 51.5 cm³/mol. The van der Waals surface area contributed by atoms with Crippen LogP contribution in [0.15, 0.2) is 0 Å². The fourth-order valence-electron chi connectivity index (χ4n) is 1.00. The summed E-state index contributed by atoms with van der Waals surface area (Å²) in [5, 5.41) is 7.58. The summed E-state index contributed by atoms with van der Waals surface area (Å²) in [4.78, 5) is 0. The Morgan fingerprint density at radius 3 is 2.31 bits per heavy atom. The van der Waals surface area contributed by atoms with E-state index in [1.165, 1.54) is 11.2 Å². The first-order chi connectivity index (χ1) is 6.00. The fourth-order valence-corrected chi connectivity index (χ4v) is 2.38. The van der Waals surface area contributed by atoms with Crippen LogP contribution in [0.1, 0.15) is 27.2 Å². The molecule has 0 saturated heterocycles. The van der Waals surface area contributed by atoms with Crippen molar-refractivity contribution in [2.75, 3.05) is 13.1 Å². The molecule has 0 fully saturated rings. The number of rotatable bonds is 5. The molecule has 0 saturated carbocycles. The first-order valence-corrected chi connectivity index (χ1v) is 5.89. The van der Waals surface area contributed by atoms with Gasteiger partial charge in [-0.25, -0.2) is 12.7 Å². The highest BCUT2D eigenvalue weighted by Gasteiger charge is 2.26. The number of hydrogen-bond donors (Lipinski definition) is 0. The Balaban J connectivity index is 4.70. The van der Waals surface area contributed by atoms with Crippen molar-refractivity contribution in [3.8, 4) is 6.07 Å². The van der Waals surface area contributed by atoms with Gasteiger partial charge >= 0.3 is 0 Å². The van der Waals surface area contributed by atoms with Crippen LogP contribution in [0.5, 0.6) is 0 Å². The van der Waals surface area contributed by atoms with E-state index in [0.717, 1.165) is 6.42 Å². The lowest BCUT2D eigenvalue weighted by molar-refractivity contribution is 0.424. The molecular weight excluding hydrogens is 188 g/mol. The molecule has 1 unspecified atom stereocenters. The maximum absolute atomic E-state index is 11.6. The minimum absolute atomic E-state index is 0.433. The zero-order chi connectivity index (χ0) is 10.5. The third kappa shape index (κ3) is 2.98. The van der Waals surface area contributed by atoms with Crippen LogP contribution in [-0.4, -0.2) is 31.1 Å². The normalized spacial score (nSPS) is 14.1. The van der Waals surface area contributed by atoms with Crippen molar-refractivity contribution in [2.24, 2.45) is 0 Å². The summed E-state index contributed by atoms with van der Waals surface area (Å²) in [5.41, 5.74) is 0. The van der Waals surface area contributed by atoms with Crippen LogP contribution in [-0.2, 0) is 10.0 Å². The smallest absolute Gasteiger partial charge is 0.211 e. The van der Waals surface area contributed by atoms with E-state index >= 15 is 0 Å². The fraction of sp³-hybridized carbons (Fsp3) is 0.875. The summed E-state index contributed by atoms with van der Waals surface area (Å²) in [5.74, 6) is 0. The monoisotopic (exact) mass is 204 g/mol. The minimum atomic E-state index is -3.39. The molecule has 0 radical (unpaired) electrons.